The minimum absolute atomic E-state index is 0. The third-order valence-electron chi connectivity index (χ3n) is 3.79. The van der Waals surface area contributed by atoms with E-state index in [9.17, 15) is 8.78 Å². The first-order valence-corrected chi connectivity index (χ1v) is 8.41. The SMILES string of the molecule is CN=C(NCc1cc(Cl)c2c(c1)OCCO2)NCc1cc(F)ccc1F.I. The summed E-state index contributed by atoms with van der Waals surface area (Å²) in [5.74, 6) is 0.626. The summed E-state index contributed by atoms with van der Waals surface area (Å²) in [5, 5.41) is 6.51. The molecule has 1 aliphatic rings. The minimum Gasteiger partial charge on any atom is -0.486 e. The maximum Gasteiger partial charge on any atom is 0.191 e. The van der Waals surface area contributed by atoms with Gasteiger partial charge in [0.25, 0.3) is 0 Å². The Morgan fingerprint density at radius 1 is 1.11 bits per heavy atom. The Morgan fingerprint density at radius 2 is 1.85 bits per heavy atom. The van der Waals surface area contributed by atoms with Gasteiger partial charge in [-0.15, -0.1) is 24.0 Å². The summed E-state index contributed by atoms with van der Waals surface area (Å²) >= 11 is 6.21. The normalized spacial score (nSPS) is 13.0. The zero-order chi connectivity index (χ0) is 18.5. The average Bonchev–Trinajstić information content (AvgIpc) is 2.64. The minimum atomic E-state index is -0.489. The molecule has 2 N–H and O–H groups in total. The van der Waals surface area contributed by atoms with Crippen LogP contribution in [0.5, 0.6) is 11.5 Å². The van der Waals surface area contributed by atoms with E-state index in [4.69, 9.17) is 21.1 Å². The summed E-state index contributed by atoms with van der Waals surface area (Å²) in [6, 6.07) is 6.95. The molecule has 2 aromatic carbocycles. The summed E-state index contributed by atoms with van der Waals surface area (Å²) in [5.41, 5.74) is 1.09. The van der Waals surface area contributed by atoms with Crippen LogP contribution in [0.15, 0.2) is 35.3 Å². The molecular weight excluding hydrogens is 491 g/mol. The predicted molar refractivity (Wildman–Crippen MR) is 111 cm³/mol. The number of nitrogens with zero attached hydrogens (tertiary/aromatic N) is 1. The first-order valence-electron chi connectivity index (χ1n) is 8.03. The average molecular weight is 510 g/mol. The number of ether oxygens (including phenoxy) is 2. The fourth-order valence-corrected chi connectivity index (χ4v) is 2.82. The highest BCUT2D eigenvalue weighted by Gasteiger charge is 2.16. The van der Waals surface area contributed by atoms with Gasteiger partial charge in [-0.05, 0) is 35.9 Å². The van der Waals surface area contributed by atoms with Crippen molar-refractivity contribution < 1.29 is 18.3 Å². The maximum absolute atomic E-state index is 13.7. The lowest BCUT2D eigenvalue weighted by Crippen LogP contribution is -2.36. The van der Waals surface area contributed by atoms with Crippen LogP contribution < -0.4 is 20.1 Å². The van der Waals surface area contributed by atoms with Crippen LogP contribution >= 0.6 is 35.6 Å². The van der Waals surface area contributed by atoms with Crippen LogP contribution in [0.2, 0.25) is 5.02 Å². The fraction of sp³-hybridized carbons (Fsp3) is 0.278. The topological polar surface area (TPSA) is 54.9 Å². The monoisotopic (exact) mass is 509 g/mol. The predicted octanol–water partition coefficient (Wildman–Crippen LogP) is 3.87. The molecule has 0 aromatic heterocycles. The zero-order valence-electron chi connectivity index (χ0n) is 14.5. The van der Waals surface area contributed by atoms with Crippen LogP contribution in [0.3, 0.4) is 0 Å². The molecule has 1 aliphatic heterocycles. The number of benzene rings is 2. The van der Waals surface area contributed by atoms with Crippen LogP contribution in [0.4, 0.5) is 8.78 Å². The molecule has 3 rings (SSSR count). The Bertz CT molecular complexity index is 836. The fourth-order valence-electron chi connectivity index (χ4n) is 2.53. The van der Waals surface area contributed by atoms with E-state index in [0.29, 0.717) is 42.2 Å². The quantitative estimate of drug-likeness (QED) is 0.373. The lowest BCUT2D eigenvalue weighted by molar-refractivity contribution is 0.171. The molecule has 9 heteroatoms. The molecule has 0 saturated carbocycles. The number of rotatable bonds is 4. The van der Waals surface area contributed by atoms with Gasteiger partial charge in [0.1, 0.15) is 24.8 Å². The number of hydrogen-bond donors (Lipinski definition) is 2. The largest absolute Gasteiger partial charge is 0.486 e. The molecule has 5 nitrogen and oxygen atoms in total. The summed E-state index contributed by atoms with van der Waals surface area (Å²) in [7, 11) is 1.59. The van der Waals surface area contributed by atoms with Crippen molar-refractivity contribution in [2.45, 2.75) is 13.1 Å². The summed E-state index contributed by atoms with van der Waals surface area (Å²) in [6.07, 6.45) is 0. The second-order valence-electron chi connectivity index (χ2n) is 5.62. The molecule has 146 valence electrons. The van der Waals surface area contributed by atoms with Gasteiger partial charge in [0.05, 0.1) is 5.02 Å². The molecular formula is C18H19ClF2IN3O2. The summed E-state index contributed by atoms with van der Waals surface area (Å²) in [6.45, 7) is 1.47. The lowest BCUT2D eigenvalue weighted by atomic mass is 10.2. The van der Waals surface area contributed by atoms with Gasteiger partial charge >= 0.3 is 0 Å². The van der Waals surface area contributed by atoms with Crippen molar-refractivity contribution in [1.29, 1.82) is 0 Å². The second kappa shape index (κ2) is 9.93. The Labute approximate surface area is 178 Å². The summed E-state index contributed by atoms with van der Waals surface area (Å²) < 4.78 is 37.9. The molecule has 0 aliphatic carbocycles. The molecule has 0 saturated heterocycles. The van der Waals surface area contributed by atoms with Gasteiger partial charge in [0, 0.05) is 25.7 Å². The third kappa shape index (κ3) is 5.58. The van der Waals surface area contributed by atoms with Crippen molar-refractivity contribution >= 4 is 41.5 Å². The van der Waals surface area contributed by atoms with Crippen LogP contribution in [0.25, 0.3) is 0 Å². The van der Waals surface area contributed by atoms with E-state index in [1.165, 1.54) is 0 Å². The molecule has 2 aromatic rings. The number of hydrogen-bond acceptors (Lipinski definition) is 3. The number of fused-ring (bicyclic) bond motifs is 1. The van der Waals surface area contributed by atoms with Crippen molar-refractivity contribution in [2.24, 2.45) is 4.99 Å². The van der Waals surface area contributed by atoms with Gasteiger partial charge in [-0.3, -0.25) is 4.99 Å². The van der Waals surface area contributed by atoms with E-state index in [0.717, 1.165) is 23.8 Å². The van der Waals surface area contributed by atoms with Gasteiger partial charge in [-0.25, -0.2) is 8.78 Å². The van der Waals surface area contributed by atoms with Gasteiger partial charge < -0.3 is 20.1 Å². The molecule has 0 fully saturated rings. The van der Waals surface area contributed by atoms with E-state index in [1.807, 2.05) is 6.07 Å². The number of nitrogens with one attached hydrogen (secondary N) is 2. The molecule has 1 heterocycles. The van der Waals surface area contributed by atoms with Crippen molar-refractivity contribution in [1.82, 2.24) is 10.6 Å². The van der Waals surface area contributed by atoms with E-state index >= 15 is 0 Å². The molecule has 0 spiro atoms. The van der Waals surface area contributed by atoms with Gasteiger partial charge in [-0.2, -0.15) is 0 Å². The number of guanidine groups is 1. The highest BCUT2D eigenvalue weighted by Crippen LogP contribution is 2.38. The van der Waals surface area contributed by atoms with Gasteiger partial charge in [0.15, 0.2) is 17.5 Å². The molecule has 27 heavy (non-hydrogen) atoms. The van der Waals surface area contributed by atoms with Crippen LogP contribution in [0.1, 0.15) is 11.1 Å². The van der Waals surface area contributed by atoms with Crippen LogP contribution in [-0.2, 0) is 13.1 Å². The smallest absolute Gasteiger partial charge is 0.191 e. The van der Waals surface area contributed by atoms with Crippen molar-refractivity contribution in [3.8, 4) is 11.5 Å². The third-order valence-corrected chi connectivity index (χ3v) is 4.07. The second-order valence-corrected chi connectivity index (χ2v) is 6.02. The van der Waals surface area contributed by atoms with Gasteiger partial charge in [-0.1, -0.05) is 11.6 Å². The zero-order valence-corrected chi connectivity index (χ0v) is 17.6. The molecule has 0 amide bonds. The van der Waals surface area contributed by atoms with Crippen molar-refractivity contribution in [2.75, 3.05) is 20.3 Å². The Hall–Kier alpha value is -1.81. The highest BCUT2D eigenvalue weighted by molar-refractivity contribution is 14.0. The first kappa shape index (κ1) is 21.5. The standard InChI is InChI=1S/C18H18ClF2N3O2.HI/c1-22-18(24-10-12-8-13(20)2-3-15(12)21)23-9-11-6-14(19)17-16(7-11)25-4-5-26-17;/h2-3,6-8H,4-5,9-10H2,1H3,(H2,22,23,24);1H. The molecule has 0 bridgehead atoms. The van der Waals surface area contributed by atoms with E-state index in [-0.39, 0.29) is 36.1 Å². The van der Waals surface area contributed by atoms with E-state index in [2.05, 4.69) is 15.6 Å². The Kier molecular flexibility index (Phi) is 7.91. The van der Waals surface area contributed by atoms with Crippen LogP contribution in [-0.4, -0.2) is 26.2 Å². The van der Waals surface area contributed by atoms with Crippen LogP contribution in [0, 0.1) is 11.6 Å². The lowest BCUT2D eigenvalue weighted by Gasteiger charge is -2.20. The molecule has 0 unspecified atom stereocenters. The summed E-state index contributed by atoms with van der Waals surface area (Å²) in [4.78, 5) is 4.07. The molecule has 0 radical (unpaired) electrons. The van der Waals surface area contributed by atoms with Gasteiger partial charge in [0.2, 0.25) is 0 Å². The van der Waals surface area contributed by atoms with E-state index in [1.54, 1.807) is 13.1 Å². The van der Waals surface area contributed by atoms with Crippen molar-refractivity contribution in [3.05, 3.63) is 58.1 Å². The Balaban J connectivity index is 0.00000261. The van der Waals surface area contributed by atoms with E-state index < -0.39 is 11.6 Å². The Morgan fingerprint density at radius 3 is 2.63 bits per heavy atom. The molecule has 0 atom stereocenters. The number of aliphatic imine (C=N–C) groups is 1. The first-order chi connectivity index (χ1) is 12.6. The highest BCUT2D eigenvalue weighted by atomic mass is 127. The number of halogens is 4. The maximum atomic E-state index is 13.7. The van der Waals surface area contributed by atoms with Crippen molar-refractivity contribution in [3.63, 3.8) is 0 Å².